The molecule has 0 unspecified atom stereocenters. The second-order valence-corrected chi connectivity index (χ2v) is 10.2. The third-order valence-corrected chi connectivity index (χ3v) is 8.43. The summed E-state index contributed by atoms with van der Waals surface area (Å²) >= 11 is 0. The van der Waals surface area contributed by atoms with E-state index in [1.807, 2.05) is 35.2 Å². The van der Waals surface area contributed by atoms with E-state index in [1.165, 1.54) is 55.6 Å². The number of ether oxygens (including phenoxy) is 1. The van der Waals surface area contributed by atoms with Gasteiger partial charge in [0, 0.05) is 44.5 Å². The van der Waals surface area contributed by atoms with Gasteiger partial charge in [-0.2, -0.15) is 0 Å². The summed E-state index contributed by atoms with van der Waals surface area (Å²) in [5.74, 6) is 0.572. The van der Waals surface area contributed by atoms with Gasteiger partial charge in [0.15, 0.2) is 0 Å². The molecule has 33 heavy (non-hydrogen) atoms. The second kappa shape index (κ2) is 9.02. The van der Waals surface area contributed by atoms with E-state index in [2.05, 4.69) is 28.0 Å². The summed E-state index contributed by atoms with van der Waals surface area (Å²) in [5.41, 5.74) is 5.20. The van der Waals surface area contributed by atoms with Crippen LogP contribution in [0.15, 0.2) is 48.5 Å². The van der Waals surface area contributed by atoms with E-state index in [1.54, 1.807) is 0 Å². The van der Waals surface area contributed by atoms with E-state index in [9.17, 15) is 4.79 Å². The quantitative estimate of drug-likeness (QED) is 0.638. The Bertz CT molecular complexity index is 980. The first-order chi connectivity index (χ1) is 16.3. The first kappa shape index (κ1) is 21.0. The molecule has 2 atom stereocenters. The number of anilines is 1. The number of piperidine rings is 1. The van der Waals surface area contributed by atoms with Gasteiger partial charge in [0.05, 0.1) is 6.04 Å². The van der Waals surface area contributed by atoms with Crippen molar-refractivity contribution in [2.24, 2.45) is 0 Å². The third-order valence-electron chi connectivity index (χ3n) is 8.43. The number of likely N-dealkylation sites (tertiary alicyclic amines) is 1. The molecule has 0 spiro atoms. The molecule has 3 fully saturated rings. The fourth-order valence-electron chi connectivity index (χ4n) is 6.59. The minimum Gasteiger partial charge on any atom is -0.445 e. The summed E-state index contributed by atoms with van der Waals surface area (Å²) in [4.78, 5) is 20.2. The predicted octanol–water partition coefficient (Wildman–Crippen LogP) is 5.32. The van der Waals surface area contributed by atoms with Crippen LogP contribution in [0.5, 0.6) is 0 Å². The lowest BCUT2D eigenvalue weighted by Crippen LogP contribution is -2.49. The Balaban J connectivity index is 1.11. The molecule has 2 aliphatic heterocycles. The highest BCUT2D eigenvalue weighted by Crippen LogP contribution is 2.50. The van der Waals surface area contributed by atoms with Gasteiger partial charge in [-0.25, -0.2) is 4.79 Å². The highest BCUT2D eigenvalue weighted by Gasteiger charge is 2.41. The van der Waals surface area contributed by atoms with Crippen LogP contribution >= 0.6 is 0 Å². The minimum atomic E-state index is -0.178. The number of hydrogen-bond acceptors (Lipinski definition) is 4. The third kappa shape index (κ3) is 4.12. The van der Waals surface area contributed by atoms with Crippen molar-refractivity contribution >= 4 is 11.8 Å². The first-order valence-electron chi connectivity index (χ1n) is 12.9. The number of rotatable bonds is 4. The van der Waals surface area contributed by atoms with Crippen LogP contribution in [-0.2, 0) is 11.3 Å². The number of carbonyl (C=O) groups excluding carboxylic acids is 1. The smallest absolute Gasteiger partial charge is 0.410 e. The van der Waals surface area contributed by atoms with Crippen LogP contribution in [0.25, 0.3) is 0 Å². The number of fused-ring (bicyclic) bond motifs is 5. The normalized spacial score (nSPS) is 25.3. The molecule has 2 bridgehead atoms. The van der Waals surface area contributed by atoms with Gasteiger partial charge < -0.3 is 14.5 Å². The molecule has 2 aliphatic carbocycles. The van der Waals surface area contributed by atoms with Crippen molar-refractivity contribution in [1.29, 1.82) is 0 Å². The first-order valence-corrected chi connectivity index (χ1v) is 12.9. The van der Waals surface area contributed by atoms with Crippen molar-refractivity contribution in [2.45, 2.75) is 63.1 Å². The molecule has 2 aromatic rings. The number of nitrogens with zero attached hydrogens (tertiary/aromatic N) is 3. The van der Waals surface area contributed by atoms with Crippen molar-refractivity contribution < 1.29 is 9.53 Å². The molecule has 6 rings (SSSR count). The molecule has 174 valence electrons. The van der Waals surface area contributed by atoms with Crippen molar-refractivity contribution in [1.82, 2.24) is 9.80 Å². The van der Waals surface area contributed by atoms with Crippen molar-refractivity contribution in [3.05, 3.63) is 65.2 Å². The summed E-state index contributed by atoms with van der Waals surface area (Å²) in [6, 6.07) is 18.0. The molecular weight excluding hydrogens is 410 g/mol. The zero-order valence-electron chi connectivity index (χ0n) is 19.5. The molecule has 1 amide bonds. The number of carbonyl (C=O) groups is 1. The summed E-state index contributed by atoms with van der Waals surface area (Å²) in [6.45, 7) is 5.75. The van der Waals surface area contributed by atoms with Crippen molar-refractivity contribution in [3.8, 4) is 0 Å². The molecule has 5 nitrogen and oxygen atoms in total. The summed E-state index contributed by atoms with van der Waals surface area (Å²) in [5, 5.41) is 0. The van der Waals surface area contributed by atoms with Gasteiger partial charge in [-0.05, 0) is 60.4 Å². The SMILES string of the molecule is O=C(OCc1ccccc1)N1CC[C@@H]2C[C@@H]1c1ccc(N3CCN(C4CCCC4)CC3)cc12. The van der Waals surface area contributed by atoms with Crippen molar-refractivity contribution in [3.63, 3.8) is 0 Å². The molecule has 2 heterocycles. The maximum atomic E-state index is 12.9. The van der Waals surface area contributed by atoms with E-state index in [0.29, 0.717) is 12.5 Å². The molecule has 0 N–H and O–H groups in total. The molecule has 5 heteroatoms. The van der Waals surface area contributed by atoms with E-state index >= 15 is 0 Å². The van der Waals surface area contributed by atoms with Gasteiger partial charge in [-0.15, -0.1) is 0 Å². The molecule has 2 aromatic carbocycles. The monoisotopic (exact) mass is 445 g/mol. The topological polar surface area (TPSA) is 36.0 Å². The molecule has 0 aromatic heterocycles. The zero-order chi connectivity index (χ0) is 22.2. The Morgan fingerprint density at radius 1 is 0.879 bits per heavy atom. The maximum absolute atomic E-state index is 12.9. The lowest BCUT2D eigenvalue weighted by molar-refractivity contribution is 0.0694. The van der Waals surface area contributed by atoms with E-state index in [-0.39, 0.29) is 12.1 Å². The van der Waals surface area contributed by atoms with Crippen LogP contribution in [0.3, 0.4) is 0 Å². The Labute approximate surface area is 197 Å². The standard InChI is InChI=1S/C28H35N3O2/c32-28(33-20-21-6-2-1-3-7-21)31-13-12-22-18-27(31)25-11-10-24(19-26(22)25)30-16-14-29(15-17-30)23-8-4-5-9-23/h1-3,6-7,10-11,19,22-23,27H,4-5,8-9,12-18,20H2/t22-,27-/m1/s1. The fourth-order valence-corrected chi connectivity index (χ4v) is 6.59. The van der Waals surface area contributed by atoms with Gasteiger partial charge in [0.1, 0.15) is 6.61 Å². The fraction of sp³-hybridized carbons (Fsp3) is 0.536. The van der Waals surface area contributed by atoms with E-state index < -0.39 is 0 Å². The Morgan fingerprint density at radius 2 is 1.67 bits per heavy atom. The van der Waals surface area contributed by atoms with Gasteiger partial charge in [0.25, 0.3) is 0 Å². The van der Waals surface area contributed by atoms with E-state index in [4.69, 9.17) is 4.74 Å². The Hall–Kier alpha value is -2.53. The molecule has 2 saturated heterocycles. The number of amides is 1. The average molecular weight is 446 g/mol. The second-order valence-electron chi connectivity index (χ2n) is 10.2. The van der Waals surface area contributed by atoms with Crippen LogP contribution in [0.2, 0.25) is 0 Å². The van der Waals surface area contributed by atoms with Gasteiger partial charge in [-0.3, -0.25) is 4.90 Å². The van der Waals surface area contributed by atoms with Crippen LogP contribution in [0, 0.1) is 0 Å². The van der Waals surface area contributed by atoms with Gasteiger partial charge in [0.2, 0.25) is 0 Å². The zero-order valence-corrected chi connectivity index (χ0v) is 19.5. The minimum absolute atomic E-state index is 0.162. The maximum Gasteiger partial charge on any atom is 0.410 e. The lowest BCUT2D eigenvalue weighted by Gasteiger charge is -2.39. The van der Waals surface area contributed by atoms with Crippen LogP contribution in [0.1, 0.15) is 67.2 Å². The highest BCUT2D eigenvalue weighted by molar-refractivity contribution is 5.70. The molecule has 1 saturated carbocycles. The summed E-state index contributed by atoms with van der Waals surface area (Å²) in [6.07, 6.45) is 7.50. The van der Waals surface area contributed by atoms with Crippen LogP contribution in [0.4, 0.5) is 10.5 Å². The number of hydrogen-bond donors (Lipinski definition) is 0. The molecular formula is C28H35N3O2. The molecule has 4 aliphatic rings. The van der Waals surface area contributed by atoms with Crippen molar-refractivity contribution in [2.75, 3.05) is 37.6 Å². The van der Waals surface area contributed by atoms with Crippen LogP contribution in [-0.4, -0.2) is 54.7 Å². The largest absolute Gasteiger partial charge is 0.445 e. The van der Waals surface area contributed by atoms with Gasteiger partial charge in [-0.1, -0.05) is 49.2 Å². The number of piperazine rings is 1. The number of benzene rings is 2. The Kier molecular flexibility index (Phi) is 5.75. The average Bonchev–Trinajstić information content (AvgIpc) is 3.51. The lowest BCUT2D eigenvalue weighted by atomic mass is 9.95. The van der Waals surface area contributed by atoms with Gasteiger partial charge >= 0.3 is 6.09 Å². The summed E-state index contributed by atoms with van der Waals surface area (Å²) in [7, 11) is 0. The Morgan fingerprint density at radius 3 is 2.45 bits per heavy atom. The van der Waals surface area contributed by atoms with Crippen LogP contribution < -0.4 is 4.90 Å². The van der Waals surface area contributed by atoms with E-state index in [0.717, 1.165) is 44.1 Å². The predicted molar refractivity (Wildman–Crippen MR) is 131 cm³/mol. The summed E-state index contributed by atoms with van der Waals surface area (Å²) < 4.78 is 5.68. The molecule has 0 radical (unpaired) electrons. The highest BCUT2D eigenvalue weighted by atomic mass is 16.6.